The normalized spacial score (nSPS) is 11.1. The van der Waals surface area contributed by atoms with E-state index in [1.807, 2.05) is 13.8 Å². The molecular weight excluding hydrogens is 379 g/mol. The summed E-state index contributed by atoms with van der Waals surface area (Å²) in [6, 6.07) is 6.21. The maximum absolute atomic E-state index is 13.4. The van der Waals surface area contributed by atoms with Crippen LogP contribution in [0.25, 0.3) is 17.0 Å². The van der Waals surface area contributed by atoms with E-state index in [1.54, 1.807) is 22.0 Å². The van der Waals surface area contributed by atoms with E-state index in [-0.39, 0.29) is 11.7 Å². The number of amides is 1. The van der Waals surface area contributed by atoms with Gasteiger partial charge in [0.25, 0.3) is 5.78 Å². The first-order chi connectivity index (χ1) is 13.5. The number of carbonyl (C=O) groups is 1. The Kier molecular flexibility index (Phi) is 4.82. The third kappa shape index (κ3) is 3.61. The van der Waals surface area contributed by atoms with E-state index < -0.39 is 0 Å². The highest BCUT2D eigenvalue weighted by Gasteiger charge is 2.14. The number of nitrogens with zero attached hydrogens (tertiary/aromatic N) is 5. The Hall–Kier alpha value is -3.20. The molecule has 0 spiro atoms. The molecule has 3 aromatic heterocycles. The number of thiazole rings is 1. The Morgan fingerprint density at radius 2 is 2.14 bits per heavy atom. The van der Waals surface area contributed by atoms with Crippen LogP contribution in [0.2, 0.25) is 0 Å². The molecule has 0 aliphatic carbocycles. The molecule has 0 atom stereocenters. The topological polar surface area (TPSA) is 85.1 Å². The smallest absolute Gasteiger partial charge is 0.252 e. The number of hydrogen-bond acceptors (Lipinski definition) is 6. The summed E-state index contributed by atoms with van der Waals surface area (Å²) in [7, 11) is 0. The second-order valence-corrected chi connectivity index (χ2v) is 7.19. The quantitative estimate of drug-likeness (QED) is 0.557. The summed E-state index contributed by atoms with van der Waals surface area (Å²) < 4.78 is 15.0. The van der Waals surface area contributed by atoms with Crippen LogP contribution in [0.15, 0.2) is 36.0 Å². The van der Waals surface area contributed by atoms with Crippen molar-refractivity contribution in [2.45, 2.75) is 26.7 Å². The average Bonchev–Trinajstić information content (AvgIpc) is 3.31. The summed E-state index contributed by atoms with van der Waals surface area (Å²) in [4.78, 5) is 25.2. The second kappa shape index (κ2) is 7.43. The summed E-state index contributed by atoms with van der Waals surface area (Å²) in [5, 5.41) is 9.25. The summed E-state index contributed by atoms with van der Waals surface area (Å²) in [5.41, 5.74) is 4.05. The van der Waals surface area contributed by atoms with Crippen LogP contribution in [0.1, 0.15) is 23.4 Å². The summed E-state index contributed by atoms with van der Waals surface area (Å²) in [6.07, 6.45) is 2.29. The maximum atomic E-state index is 13.4. The fourth-order valence-corrected chi connectivity index (χ4v) is 3.78. The number of fused-ring (bicyclic) bond motifs is 1. The fraction of sp³-hybridized carbons (Fsp3) is 0.211. The van der Waals surface area contributed by atoms with Crippen molar-refractivity contribution < 1.29 is 9.18 Å². The molecule has 0 unspecified atom stereocenters. The van der Waals surface area contributed by atoms with Gasteiger partial charge in [-0.15, -0.1) is 11.3 Å². The molecule has 9 heteroatoms. The first-order valence-corrected chi connectivity index (χ1v) is 9.56. The van der Waals surface area contributed by atoms with Crippen molar-refractivity contribution >= 4 is 28.2 Å². The van der Waals surface area contributed by atoms with Crippen LogP contribution in [-0.4, -0.2) is 30.5 Å². The summed E-state index contributed by atoms with van der Waals surface area (Å²) in [6.45, 7) is 3.84. The fourth-order valence-electron chi connectivity index (χ4n) is 3.05. The van der Waals surface area contributed by atoms with Gasteiger partial charge in [0, 0.05) is 28.8 Å². The van der Waals surface area contributed by atoms with Crippen molar-refractivity contribution in [3.8, 4) is 11.3 Å². The SMILES string of the molecule is Cc1nc2ncnn2c(C)c1CCC(=O)Nc1nc(-c2cccc(F)c2)cs1. The Balaban J connectivity index is 1.43. The molecule has 142 valence electrons. The van der Waals surface area contributed by atoms with Crippen LogP contribution >= 0.6 is 11.3 Å². The number of aromatic nitrogens is 5. The van der Waals surface area contributed by atoms with Crippen molar-refractivity contribution in [1.29, 1.82) is 0 Å². The van der Waals surface area contributed by atoms with Crippen LogP contribution in [0.5, 0.6) is 0 Å². The third-order valence-corrected chi connectivity index (χ3v) is 5.22. The third-order valence-electron chi connectivity index (χ3n) is 4.46. The Morgan fingerprint density at radius 3 is 2.96 bits per heavy atom. The predicted octanol–water partition coefficient (Wildman–Crippen LogP) is 3.58. The Morgan fingerprint density at radius 1 is 1.29 bits per heavy atom. The molecule has 0 aliphatic heterocycles. The molecular formula is C19H17FN6OS. The van der Waals surface area contributed by atoms with Gasteiger partial charge in [-0.1, -0.05) is 12.1 Å². The Labute approximate surface area is 164 Å². The minimum Gasteiger partial charge on any atom is -0.302 e. The lowest BCUT2D eigenvalue weighted by atomic mass is 10.1. The first kappa shape index (κ1) is 18.2. The van der Waals surface area contributed by atoms with E-state index in [1.165, 1.54) is 29.8 Å². The van der Waals surface area contributed by atoms with Crippen LogP contribution in [0.3, 0.4) is 0 Å². The highest BCUT2D eigenvalue weighted by molar-refractivity contribution is 7.14. The van der Waals surface area contributed by atoms with Gasteiger partial charge in [0.1, 0.15) is 12.1 Å². The van der Waals surface area contributed by atoms with Gasteiger partial charge in [-0.2, -0.15) is 10.1 Å². The van der Waals surface area contributed by atoms with Gasteiger partial charge in [0.05, 0.1) is 5.69 Å². The predicted molar refractivity (Wildman–Crippen MR) is 105 cm³/mol. The van der Waals surface area contributed by atoms with Crippen LogP contribution < -0.4 is 5.32 Å². The van der Waals surface area contributed by atoms with Crippen molar-refractivity contribution in [3.05, 3.63) is 58.7 Å². The molecule has 0 aliphatic rings. The van der Waals surface area contributed by atoms with Crippen molar-refractivity contribution in [2.24, 2.45) is 0 Å². The molecule has 7 nitrogen and oxygen atoms in total. The van der Waals surface area contributed by atoms with Gasteiger partial charge in [-0.05, 0) is 38.0 Å². The molecule has 4 rings (SSSR count). The number of carbonyl (C=O) groups excluding carboxylic acids is 1. The molecule has 0 bridgehead atoms. The zero-order valence-corrected chi connectivity index (χ0v) is 16.1. The number of halogens is 1. The highest BCUT2D eigenvalue weighted by Crippen LogP contribution is 2.25. The molecule has 28 heavy (non-hydrogen) atoms. The highest BCUT2D eigenvalue weighted by atomic mass is 32.1. The van der Waals surface area contributed by atoms with E-state index in [0.717, 1.165) is 17.0 Å². The van der Waals surface area contributed by atoms with Crippen LogP contribution in [0.4, 0.5) is 9.52 Å². The molecule has 4 aromatic rings. The lowest BCUT2D eigenvalue weighted by Gasteiger charge is -2.10. The summed E-state index contributed by atoms with van der Waals surface area (Å²) >= 11 is 1.31. The molecule has 1 N–H and O–H groups in total. The van der Waals surface area contributed by atoms with Crippen molar-refractivity contribution in [3.63, 3.8) is 0 Å². The van der Waals surface area contributed by atoms with Crippen molar-refractivity contribution in [2.75, 3.05) is 5.32 Å². The van der Waals surface area contributed by atoms with E-state index >= 15 is 0 Å². The number of aryl methyl sites for hydroxylation is 2. The van der Waals surface area contributed by atoms with E-state index in [9.17, 15) is 9.18 Å². The van der Waals surface area contributed by atoms with Crippen LogP contribution in [-0.2, 0) is 11.2 Å². The number of rotatable bonds is 5. The van der Waals surface area contributed by atoms with Crippen LogP contribution in [0, 0.1) is 19.7 Å². The lowest BCUT2D eigenvalue weighted by molar-refractivity contribution is -0.116. The largest absolute Gasteiger partial charge is 0.302 e. The van der Waals surface area contributed by atoms with Gasteiger partial charge >= 0.3 is 0 Å². The molecule has 0 saturated heterocycles. The number of benzene rings is 1. The number of nitrogens with one attached hydrogen (secondary N) is 1. The number of anilines is 1. The first-order valence-electron chi connectivity index (χ1n) is 8.68. The maximum Gasteiger partial charge on any atom is 0.252 e. The molecule has 0 saturated carbocycles. The van der Waals surface area contributed by atoms with E-state index in [2.05, 4.69) is 25.4 Å². The monoisotopic (exact) mass is 396 g/mol. The van der Waals surface area contributed by atoms with Gasteiger partial charge in [0.2, 0.25) is 5.91 Å². The minimum absolute atomic E-state index is 0.141. The standard InChI is InChI=1S/C19H17FN6OS/c1-11-15(12(2)26-18(23-11)21-10-22-26)6-7-17(27)25-19-24-16(9-28-19)13-4-3-5-14(20)8-13/h3-5,8-10H,6-7H2,1-2H3,(H,24,25,27). The minimum atomic E-state index is -0.320. The molecule has 1 aromatic carbocycles. The average molecular weight is 396 g/mol. The van der Waals surface area contributed by atoms with Gasteiger partial charge < -0.3 is 5.32 Å². The zero-order valence-electron chi connectivity index (χ0n) is 15.3. The molecule has 1 amide bonds. The van der Waals surface area contributed by atoms with Gasteiger partial charge in [0.15, 0.2) is 5.13 Å². The molecule has 0 radical (unpaired) electrons. The van der Waals surface area contributed by atoms with Gasteiger partial charge in [-0.3, -0.25) is 4.79 Å². The van der Waals surface area contributed by atoms with E-state index in [4.69, 9.17) is 0 Å². The number of hydrogen-bond donors (Lipinski definition) is 1. The Bertz CT molecular complexity index is 1170. The summed E-state index contributed by atoms with van der Waals surface area (Å²) in [5.74, 6) is 0.0910. The second-order valence-electron chi connectivity index (χ2n) is 6.33. The van der Waals surface area contributed by atoms with E-state index in [0.29, 0.717) is 35.0 Å². The zero-order chi connectivity index (χ0) is 19.7. The lowest BCUT2D eigenvalue weighted by Crippen LogP contribution is -2.14. The van der Waals surface area contributed by atoms with Gasteiger partial charge in [-0.25, -0.2) is 18.9 Å². The molecule has 0 fully saturated rings. The molecule has 3 heterocycles. The van der Waals surface area contributed by atoms with Crippen molar-refractivity contribution in [1.82, 2.24) is 24.6 Å².